The van der Waals surface area contributed by atoms with Crippen LogP contribution in [0.2, 0.25) is 0 Å². The number of nitrogens with one attached hydrogen (secondary N) is 1. The largest absolute Gasteiger partial charge is 0.503 e. The van der Waals surface area contributed by atoms with Gasteiger partial charge in [-0.1, -0.05) is 0 Å². The van der Waals surface area contributed by atoms with Crippen LogP contribution in [0, 0.1) is 0 Å². The van der Waals surface area contributed by atoms with Crippen LogP contribution in [-0.2, 0) is 18.7 Å². The van der Waals surface area contributed by atoms with Crippen molar-refractivity contribution in [2.75, 3.05) is 6.61 Å². The van der Waals surface area contributed by atoms with Gasteiger partial charge < -0.3 is 25.8 Å². The lowest BCUT2D eigenvalue weighted by Gasteiger charge is -2.43. The maximum atomic E-state index is 11.9. The highest BCUT2D eigenvalue weighted by molar-refractivity contribution is 7.51. The fraction of sp³-hybridized carbons (Fsp3) is 0.385. The molecule has 1 aromatic heterocycles. The fourth-order valence-corrected chi connectivity index (χ4v) is 3.29. The van der Waals surface area contributed by atoms with Gasteiger partial charge in [0.05, 0.1) is 11.7 Å². The molecule has 1 saturated heterocycles. The summed E-state index contributed by atoms with van der Waals surface area (Å²) in [5.74, 6) is -4.87. The van der Waals surface area contributed by atoms with Crippen molar-refractivity contribution in [1.29, 1.82) is 0 Å². The van der Waals surface area contributed by atoms with Gasteiger partial charge in [0.2, 0.25) is 11.2 Å². The summed E-state index contributed by atoms with van der Waals surface area (Å²) in [6.07, 6.45) is -4.17. The third-order valence-corrected chi connectivity index (χ3v) is 5.06. The lowest BCUT2D eigenvalue weighted by atomic mass is 10.0. The summed E-state index contributed by atoms with van der Waals surface area (Å²) in [7, 11) is -4.50. The minimum atomic E-state index is -5.08. The second-order valence-corrected chi connectivity index (χ2v) is 7.21. The van der Waals surface area contributed by atoms with Crippen molar-refractivity contribution in [3.63, 3.8) is 0 Å². The van der Waals surface area contributed by atoms with Gasteiger partial charge in [0.25, 0.3) is 5.91 Å². The number of nitrogens with zero attached hydrogens (tertiary/aromatic N) is 1. The molecule has 2 heterocycles. The van der Waals surface area contributed by atoms with Crippen molar-refractivity contribution in [2.45, 2.75) is 25.2 Å². The Hall–Kier alpha value is -2.74. The number of aromatic nitrogens is 1. The first kappa shape index (κ1) is 24.3. The van der Waals surface area contributed by atoms with E-state index in [0.717, 1.165) is 12.3 Å². The van der Waals surface area contributed by atoms with Gasteiger partial charge in [0.1, 0.15) is 12.6 Å². The molecule has 1 amide bonds. The SMILES string of the molecule is C[C@H]1[C@H](N)C(=O)N1P(=O)(O)OCC(=O)c1cc(=O)c(O)c[nH]1.O=C(O)C(F)(F)F. The average molecular weight is 445 g/mol. The monoisotopic (exact) mass is 445 g/mol. The number of carbonyl (C=O) groups excluding carboxylic acids is 2. The van der Waals surface area contributed by atoms with Crippen molar-refractivity contribution < 1.29 is 51.8 Å². The summed E-state index contributed by atoms with van der Waals surface area (Å²) in [4.78, 5) is 55.4. The predicted octanol–water partition coefficient (Wildman–Crippen LogP) is -0.429. The van der Waals surface area contributed by atoms with Crippen LogP contribution in [0.5, 0.6) is 5.75 Å². The van der Waals surface area contributed by atoms with Crippen LogP contribution in [0.1, 0.15) is 17.4 Å². The van der Waals surface area contributed by atoms with Crippen molar-refractivity contribution in [3.05, 3.63) is 28.2 Å². The molecule has 29 heavy (non-hydrogen) atoms. The van der Waals surface area contributed by atoms with Crippen LogP contribution in [0.4, 0.5) is 13.2 Å². The topological polar surface area (TPSA) is 200 Å². The van der Waals surface area contributed by atoms with E-state index in [0.29, 0.717) is 4.67 Å². The summed E-state index contributed by atoms with van der Waals surface area (Å²) in [6, 6.07) is -0.739. The molecule has 16 heteroatoms. The summed E-state index contributed by atoms with van der Waals surface area (Å²) < 4.78 is 48.9. The number of amides is 1. The number of rotatable bonds is 5. The van der Waals surface area contributed by atoms with E-state index in [9.17, 15) is 37.0 Å². The van der Waals surface area contributed by atoms with Crippen LogP contribution in [-0.4, -0.2) is 67.3 Å². The Morgan fingerprint density at radius 3 is 2.31 bits per heavy atom. The van der Waals surface area contributed by atoms with Gasteiger partial charge in [-0.05, 0) is 6.92 Å². The van der Waals surface area contributed by atoms with Crippen molar-refractivity contribution in [2.24, 2.45) is 5.73 Å². The normalized spacial score (nSPS) is 20.8. The van der Waals surface area contributed by atoms with Gasteiger partial charge in [-0.2, -0.15) is 13.2 Å². The number of carbonyl (C=O) groups is 3. The zero-order chi connectivity index (χ0) is 22.7. The number of aromatic hydroxyl groups is 1. The number of H-pyrrole nitrogens is 1. The number of halogens is 3. The van der Waals surface area contributed by atoms with E-state index in [-0.39, 0.29) is 5.69 Å². The highest BCUT2D eigenvalue weighted by Gasteiger charge is 2.52. The van der Waals surface area contributed by atoms with Crippen molar-refractivity contribution >= 4 is 25.4 Å². The number of pyridine rings is 1. The number of ketones is 1. The molecule has 1 fully saturated rings. The van der Waals surface area contributed by atoms with Crippen LogP contribution in [0.3, 0.4) is 0 Å². The highest BCUT2D eigenvalue weighted by Crippen LogP contribution is 2.52. The number of β-lactam (4-membered cyclic amide) rings is 1. The van der Waals surface area contributed by atoms with Gasteiger partial charge in [0.15, 0.2) is 5.75 Å². The van der Waals surface area contributed by atoms with Gasteiger partial charge in [-0.25, -0.2) is 14.0 Å². The minimum Gasteiger partial charge on any atom is -0.503 e. The smallest absolute Gasteiger partial charge is 0.490 e. The van der Waals surface area contributed by atoms with Crippen molar-refractivity contribution in [1.82, 2.24) is 9.65 Å². The lowest BCUT2D eigenvalue weighted by molar-refractivity contribution is -0.192. The molecule has 3 atom stereocenters. The van der Waals surface area contributed by atoms with Crippen LogP contribution in [0.15, 0.2) is 17.1 Å². The first-order chi connectivity index (χ1) is 13.1. The lowest BCUT2D eigenvalue weighted by Crippen LogP contribution is -2.65. The van der Waals surface area contributed by atoms with E-state index in [1.165, 1.54) is 6.92 Å². The van der Waals surface area contributed by atoms with Crippen LogP contribution in [0.25, 0.3) is 0 Å². The second kappa shape index (κ2) is 8.73. The predicted molar refractivity (Wildman–Crippen MR) is 86.8 cm³/mol. The van der Waals surface area contributed by atoms with Crippen LogP contribution >= 0.6 is 7.75 Å². The van der Waals surface area contributed by atoms with E-state index in [4.69, 9.17) is 20.7 Å². The Bertz CT molecular complexity index is 917. The van der Waals surface area contributed by atoms with Gasteiger partial charge >= 0.3 is 19.9 Å². The third kappa shape index (κ3) is 5.87. The minimum absolute atomic E-state index is 0.206. The van der Waals surface area contributed by atoms with Gasteiger partial charge in [0, 0.05) is 12.3 Å². The zero-order valence-electron chi connectivity index (χ0n) is 14.4. The number of aromatic amines is 1. The molecule has 0 aromatic carbocycles. The molecule has 1 unspecified atom stereocenters. The van der Waals surface area contributed by atoms with E-state index in [1.807, 2.05) is 0 Å². The Morgan fingerprint density at radius 2 is 1.90 bits per heavy atom. The summed E-state index contributed by atoms with van der Waals surface area (Å²) in [6.45, 7) is 0.637. The second-order valence-electron chi connectivity index (χ2n) is 5.54. The highest BCUT2D eigenvalue weighted by atomic mass is 31.2. The first-order valence-electron chi connectivity index (χ1n) is 7.41. The average Bonchev–Trinajstić information content (AvgIpc) is 2.61. The summed E-state index contributed by atoms with van der Waals surface area (Å²) in [5.41, 5.74) is 4.43. The number of hydrogen-bond donors (Lipinski definition) is 5. The molecule has 0 bridgehead atoms. The van der Waals surface area contributed by atoms with Crippen LogP contribution < -0.4 is 11.2 Å². The zero-order valence-corrected chi connectivity index (χ0v) is 15.3. The molecular weight excluding hydrogens is 430 g/mol. The van der Waals surface area contributed by atoms with Gasteiger partial charge in [-0.15, -0.1) is 0 Å². The molecule has 1 aromatic rings. The van der Waals surface area contributed by atoms with E-state index >= 15 is 0 Å². The molecular formula is C13H15F3N3O9P. The standard InChI is InChI=1S/C11H14N3O7P.C2HF3O2/c1-5-10(12)11(18)14(5)22(19,20)21-4-9(17)6-2-7(15)8(16)3-13-6;3-2(4,5)1(6)7/h2-3,5,10,16H,4,12H2,1H3,(H,13,15)(H,19,20);(H,6,7)/t5-,10-;/m0./s1. The first-order valence-corrected chi connectivity index (χ1v) is 8.94. The van der Waals surface area contributed by atoms with E-state index < -0.39 is 61.5 Å². The Kier molecular flexibility index (Phi) is 7.32. The molecule has 0 aliphatic carbocycles. The van der Waals surface area contributed by atoms with Crippen molar-refractivity contribution in [3.8, 4) is 5.75 Å². The number of carboxylic acids is 1. The number of aliphatic carboxylic acids is 1. The van der Waals surface area contributed by atoms with E-state index in [1.54, 1.807) is 0 Å². The molecule has 0 saturated carbocycles. The number of Topliss-reactive ketones (excluding diaryl/α,β-unsaturated/α-hetero) is 1. The maximum absolute atomic E-state index is 11.9. The van der Waals surface area contributed by atoms with Gasteiger partial charge in [-0.3, -0.25) is 18.9 Å². The molecule has 162 valence electrons. The molecule has 2 rings (SSSR count). The Balaban J connectivity index is 0.000000516. The maximum Gasteiger partial charge on any atom is 0.490 e. The van der Waals surface area contributed by atoms with E-state index in [2.05, 4.69) is 9.51 Å². The molecule has 6 N–H and O–H groups in total. The number of hydrogen-bond acceptors (Lipinski definition) is 8. The molecule has 1 aliphatic rings. The summed E-state index contributed by atoms with van der Waals surface area (Å²) >= 11 is 0. The number of alkyl halides is 3. The molecule has 12 nitrogen and oxygen atoms in total. The number of carboxylic acid groups (broad SMARTS) is 1. The molecule has 0 spiro atoms. The number of nitrogens with two attached hydrogens (primary N) is 1. The Labute approximate surface area is 159 Å². The summed E-state index contributed by atoms with van der Waals surface area (Å²) in [5, 5.41) is 16.2. The third-order valence-electron chi connectivity index (χ3n) is 3.49. The fourth-order valence-electron chi connectivity index (χ4n) is 1.89. The molecule has 1 aliphatic heterocycles. The molecule has 0 radical (unpaired) electrons. The quantitative estimate of drug-likeness (QED) is 0.225. The Morgan fingerprint density at radius 1 is 1.38 bits per heavy atom.